The van der Waals surface area contributed by atoms with Crippen LogP contribution < -0.4 is 4.83 Å². The maximum atomic E-state index is 12.5. The van der Waals surface area contributed by atoms with E-state index in [-0.39, 0.29) is 4.90 Å². The molecule has 1 heterocycles. The number of H-pyrrole nitrogens is 1. The highest BCUT2D eigenvalue weighted by Crippen LogP contribution is 2.21. The van der Waals surface area contributed by atoms with Crippen LogP contribution in [0.25, 0.3) is 10.9 Å². The number of nitrogens with one attached hydrogen (secondary N) is 2. The Morgan fingerprint density at radius 2 is 1.75 bits per heavy atom. The monoisotopic (exact) mass is 341 g/mol. The molecule has 0 atom stereocenters. The number of hydrazone groups is 1. The zero-order valence-electron chi connectivity index (χ0n) is 13.8. The number of fused-ring (bicyclic) bond motifs is 1. The molecule has 0 aliphatic carbocycles. The molecule has 1 aromatic heterocycles. The third-order valence-corrected chi connectivity index (χ3v) is 5.40. The Bertz CT molecular complexity index is 1010. The summed E-state index contributed by atoms with van der Waals surface area (Å²) in [6.45, 7) is 5.52. The van der Waals surface area contributed by atoms with E-state index in [9.17, 15) is 8.42 Å². The third-order valence-electron chi connectivity index (χ3n) is 3.87. The highest BCUT2D eigenvalue weighted by molar-refractivity contribution is 7.89. The molecule has 0 bridgehead atoms. The molecule has 0 amide bonds. The molecule has 3 rings (SSSR count). The lowest BCUT2D eigenvalue weighted by molar-refractivity contribution is 0.583. The molecule has 0 spiro atoms. The molecule has 2 aromatic carbocycles. The lowest BCUT2D eigenvalue weighted by atomic mass is 10.1. The van der Waals surface area contributed by atoms with Crippen LogP contribution in [-0.4, -0.2) is 19.6 Å². The van der Waals surface area contributed by atoms with Gasteiger partial charge >= 0.3 is 0 Å². The fourth-order valence-corrected chi connectivity index (χ4v) is 4.25. The average Bonchev–Trinajstić information content (AvgIpc) is 2.89. The fourth-order valence-electron chi connectivity index (χ4n) is 3.00. The van der Waals surface area contributed by atoms with Gasteiger partial charge in [0.1, 0.15) is 0 Å². The van der Waals surface area contributed by atoms with Crippen molar-refractivity contribution in [2.24, 2.45) is 5.10 Å². The molecule has 2 N–H and O–H groups in total. The Labute approximate surface area is 141 Å². The van der Waals surface area contributed by atoms with E-state index in [1.807, 2.05) is 43.3 Å². The van der Waals surface area contributed by atoms with Crippen molar-refractivity contribution >= 4 is 27.1 Å². The molecule has 6 heteroatoms. The number of nitrogens with zero attached hydrogens (tertiary/aromatic N) is 1. The minimum absolute atomic E-state index is 0.282. The first-order valence-corrected chi connectivity index (χ1v) is 9.05. The van der Waals surface area contributed by atoms with Crippen LogP contribution in [0.1, 0.15) is 22.3 Å². The average molecular weight is 341 g/mol. The number of hydrogen-bond acceptors (Lipinski definition) is 3. The van der Waals surface area contributed by atoms with Gasteiger partial charge in [0, 0.05) is 22.7 Å². The van der Waals surface area contributed by atoms with E-state index in [0.29, 0.717) is 11.1 Å². The van der Waals surface area contributed by atoms with E-state index in [0.717, 1.165) is 22.0 Å². The van der Waals surface area contributed by atoms with Crippen molar-refractivity contribution < 1.29 is 8.42 Å². The van der Waals surface area contributed by atoms with Crippen LogP contribution in [0.4, 0.5) is 0 Å². The fraction of sp³-hybridized carbons (Fsp3) is 0.167. The summed E-state index contributed by atoms with van der Waals surface area (Å²) in [5.74, 6) is 0. The highest BCUT2D eigenvalue weighted by atomic mass is 32.2. The first-order chi connectivity index (χ1) is 11.4. The van der Waals surface area contributed by atoms with Crippen molar-refractivity contribution in [2.45, 2.75) is 25.7 Å². The van der Waals surface area contributed by atoms with Crippen LogP contribution >= 0.6 is 0 Å². The summed E-state index contributed by atoms with van der Waals surface area (Å²) in [6.07, 6.45) is 3.31. The Kier molecular flexibility index (Phi) is 4.15. The number of aromatic nitrogens is 1. The van der Waals surface area contributed by atoms with Crippen LogP contribution in [0.2, 0.25) is 0 Å². The molecule has 0 unspecified atom stereocenters. The predicted molar refractivity (Wildman–Crippen MR) is 96.9 cm³/mol. The standard InChI is InChI=1S/C18H19N3O2S/c1-12-8-13(2)18(14(3)9-12)24(22,23)21-20-11-15-10-19-17-7-5-4-6-16(15)17/h4-11,19,21H,1-3H3/b20-11+. The number of aryl methyl sites for hydroxylation is 3. The summed E-state index contributed by atoms with van der Waals surface area (Å²) >= 11 is 0. The van der Waals surface area contributed by atoms with Gasteiger partial charge in [-0.2, -0.15) is 13.5 Å². The predicted octanol–water partition coefficient (Wildman–Crippen LogP) is 3.41. The van der Waals surface area contributed by atoms with Gasteiger partial charge in [-0.1, -0.05) is 35.9 Å². The largest absolute Gasteiger partial charge is 0.361 e. The van der Waals surface area contributed by atoms with Gasteiger partial charge < -0.3 is 4.98 Å². The van der Waals surface area contributed by atoms with E-state index in [1.54, 1.807) is 20.0 Å². The van der Waals surface area contributed by atoms with Gasteiger partial charge in [-0.15, -0.1) is 0 Å². The maximum Gasteiger partial charge on any atom is 0.277 e. The van der Waals surface area contributed by atoms with Gasteiger partial charge in [-0.3, -0.25) is 0 Å². The summed E-state index contributed by atoms with van der Waals surface area (Å²) < 4.78 is 25.1. The van der Waals surface area contributed by atoms with Gasteiger partial charge in [0.25, 0.3) is 10.0 Å². The Morgan fingerprint density at radius 1 is 1.08 bits per heavy atom. The van der Waals surface area contributed by atoms with Gasteiger partial charge in [0.2, 0.25) is 0 Å². The molecule has 0 saturated heterocycles. The van der Waals surface area contributed by atoms with E-state index in [2.05, 4.69) is 14.9 Å². The first kappa shape index (κ1) is 16.3. The lowest BCUT2D eigenvalue weighted by Gasteiger charge is -2.11. The Morgan fingerprint density at radius 3 is 2.46 bits per heavy atom. The summed E-state index contributed by atoms with van der Waals surface area (Å²) in [4.78, 5) is 5.71. The van der Waals surface area contributed by atoms with Crippen LogP contribution in [-0.2, 0) is 10.0 Å². The van der Waals surface area contributed by atoms with Crippen molar-refractivity contribution in [1.29, 1.82) is 0 Å². The zero-order valence-corrected chi connectivity index (χ0v) is 14.6. The Hall–Kier alpha value is -2.60. The zero-order chi connectivity index (χ0) is 17.3. The first-order valence-electron chi connectivity index (χ1n) is 7.57. The smallest absolute Gasteiger partial charge is 0.277 e. The molecule has 124 valence electrons. The second kappa shape index (κ2) is 6.13. The summed E-state index contributed by atoms with van der Waals surface area (Å²) in [7, 11) is -3.70. The summed E-state index contributed by atoms with van der Waals surface area (Å²) in [6, 6.07) is 11.5. The van der Waals surface area contributed by atoms with Gasteiger partial charge in [0.05, 0.1) is 11.1 Å². The minimum Gasteiger partial charge on any atom is -0.361 e. The van der Waals surface area contributed by atoms with Crippen LogP contribution in [0, 0.1) is 20.8 Å². The topological polar surface area (TPSA) is 74.3 Å². The molecular weight excluding hydrogens is 322 g/mol. The van der Waals surface area contributed by atoms with Gasteiger partial charge in [-0.25, -0.2) is 4.83 Å². The minimum atomic E-state index is -3.70. The second-order valence-corrected chi connectivity index (χ2v) is 7.47. The number of para-hydroxylation sites is 1. The van der Waals surface area contributed by atoms with Crippen molar-refractivity contribution in [3.8, 4) is 0 Å². The molecular formula is C18H19N3O2S. The van der Waals surface area contributed by atoms with E-state index in [4.69, 9.17) is 0 Å². The maximum absolute atomic E-state index is 12.5. The molecule has 0 radical (unpaired) electrons. The van der Waals surface area contributed by atoms with E-state index < -0.39 is 10.0 Å². The van der Waals surface area contributed by atoms with E-state index in [1.165, 1.54) is 6.21 Å². The molecule has 0 fully saturated rings. The number of aromatic amines is 1. The molecule has 0 saturated carbocycles. The SMILES string of the molecule is Cc1cc(C)c(S(=O)(=O)N/N=C/c2c[nH]c3ccccc23)c(C)c1. The number of sulfonamides is 1. The third kappa shape index (κ3) is 3.05. The lowest BCUT2D eigenvalue weighted by Crippen LogP contribution is -2.20. The van der Waals surface area contributed by atoms with Crippen molar-refractivity contribution in [3.05, 3.63) is 64.8 Å². The molecule has 3 aromatic rings. The molecule has 0 aliphatic heterocycles. The van der Waals surface area contributed by atoms with Gasteiger partial charge in [-0.05, 0) is 38.0 Å². The van der Waals surface area contributed by atoms with Crippen LogP contribution in [0.3, 0.4) is 0 Å². The number of rotatable bonds is 4. The molecule has 0 aliphatic rings. The number of benzene rings is 2. The van der Waals surface area contributed by atoms with Crippen LogP contribution in [0.5, 0.6) is 0 Å². The Balaban J connectivity index is 1.88. The molecule has 24 heavy (non-hydrogen) atoms. The van der Waals surface area contributed by atoms with E-state index >= 15 is 0 Å². The van der Waals surface area contributed by atoms with Crippen molar-refractivity contribution in [2.75, 3.05) is 0 Å². The summed E-state index contributed by atoms with van der Waals surface area (Å²) in [5.41, 5.74) is 4.26. The van der Waals surface area contributed by atoms with Crippen LogP contribution in [0.15, 0.2) is 52.6 Å². The van der Waals surface area contributed by atoms with Crippen molar-refractivity contribution in [3.63, 3.8) is 0 Å². The molecule has 5 nitrogen and oxygen atoms in total. The van der Waals surface area contributed by atoms with Gasteiger partial charge in [0.15, 0.2) is 0 Å². The second-order valence-electron chi connectivity index (χ2n) is 5.87. The highest BCUT2D eigenvalue weighted by Gasteiger charge is 2.19. The summed E-state index contributed by atoms with van der Waals surface area (Å²) in [5, 5.41) is 4.92. The number of hydrogen-bond donors (Lipinski definition) is 2. The normalized spacial score (nSPS) is 12.1. The van der Waals surface area contributed by atoms with Crippen molar-refractivity contribution in [1.82, 2.24) is 9.82 Å². The quantitative estimate of drug-likeness (QED) is 0.564.